The quantitative estimate of drug-likeness (QED) is 0.475. The van der Waals surface area contributed by atoms with E-state index in [0.717, 1.165) is 17.0 Å². The third-order valence-electron chi connectivity index (χ3n) is 3.46. The second-order valence-corrected chi connectivity index (χ2v) is 5.06. The van der Waals surface area contributed by atoms with Crippen LogP contribution in [0.15, 0.2) is 60.8 Å². The topological polar surface area (TPSA) is 56.3 Å². The van der Waals surface area contributed by atoms with E-state index in [1.54, 1.807) is 12.1 Å². The summed E-state index contributed by atoms with van der Waals surface area (Å²) in [4.78, 5) is 9.71. The Morgan fingerprint density at radius 1 is 1.09 bits per heavy atom. The Bertz CT molecular complexity index is 811. The summed E-state index contributed by atoms with van der Waals surface area (Å²) in [5.41, 5.74) is 2.65. The standard InChI is InChI=1S/C18H16N2O2.ClH/c1-13(18-10-9-16(21)11-19-18)20-22-12-15-7-4-6-14-5-2-3-8-17(14)15;/h2-11,21H,12H2,1H3;1H. The molecular weight excluding hydrogens is 312 g/mol. The highest BCUT2D eigenvalue weighted by Crippen LogP contribution is 2.18. The third-order valence-corrected chi connectivity index (χ3v) is 3.46. The van der Waals surface area contributed by atoms with Gasteiger partial charge in [-0.05, 0) is 28.1 Å². The molecule has 0 radical (unpaired) electrons. The smallest absolute Gasteiger partial charge is 0.247 e. The molecule has 0 aliphatic heterocycles. The molecule has 0 aliphatic rings. The van der Waals surface area contributed by atoms with Crippen LogP contribution in [0, 0.1) is 0 Å². The Kier molecular flexibility index (Phi) is 5.55. The van der Waals surface area contributed by atoms with Crippen LogP contribution in [0.25, 0.3) is 10.8 Å². The average Bonchev–Trinajstić information content (AvgIpc) is 2.55. The van der Waals surface area contributed by atoms with Crippen molar-refractivity contribution < 1.29 is 27.5 Å². The van der Waals surface area contributed by atoms with Gasteiger partial charge < -0.3 is 17.5 Å². The molecule has 5 heteroatoms. The number of hydrogen-bond acceptors (Lipinski definition) is 3. The summed E-state index contributed by atoms with van der Waals surface area (Å²) in [6.45, 7) is 2.33. The minimum absolute atomic E-state index is 0. The van der Waals surface area contributed by atoms with Crippen LogP contribution in [0.3, 0.4) is 0 Å². The molecule has 118 valence electrons. The predicted molar refractivity (Wildman–Crippen MR) is 85.4 cm³/mol. The number of aromatic nitrogens is 1. The molecule has 2 aromatic carbocycles. The van der Waals surface area contributed by atoms with Crippen LogP contribution in [-0.4, -0.2) is 15.8 Å². The van der Waals surface area contributed by atoms with Crippen LogP contribution in [0.1, 0.15) is 18.2 Å². The minimum atomic E-state index is 0. The van der Waals surface area contributed by atoms with Crippen LogP contribution in [0.5, 0.6) is 5.75 Å². The summed E-state index contributed by atoms with van der Waals surface area (Å²) in [6.07, 6.45) is 1.41. The van der Waals surface area contributed by atoms with Gasteiger partial charge in [-0.25, -0.2) is 4.98 Å². The molecule has 1 aromatic heterocycles. The van der Waals surface area contributed by atoms with E-state index in [4.69, 9.17) is 4.84 Å². The molecule has 0 amide bonds. The van der Waals surface area contributed by atoms with Gasteiger partial charge in [-0.2, -0.15) is 0 Å². The number of hydrogen-bond donors (Lipinski definition) is 2. The van der Waals surface area contributed by atoms with Gasteiger partial charge >= 0.3 is 0 Å². The Balaban J connectivity index is 0.00000192. The van der Waals surface area contributed by atoms with Crippen molar-refractivity contribution in [2.45, 2.75) is 13.5 Å². The molecule has 0 saturated carbocycles. The number of fused-ring (bicyclic) bond motifs is 1. The second kappa shape index (κ2) is 7.61. The zero-order chi connectivity index (χ0) is 15.4. The van der Waals surface area contributed by atoms with Crippen molar-refractivity contribution in [3.05, 3.63) is 72.1 Å². The maximum absolute atomic E-state index is 9.24. The van der Waals surface area contributed by atoms with Crippen molar-refractivity contribution in [2.24, 2.45) is 0 Å². The molecule has 0 aliphatic carbocycles. The van der Waals surface area contributed by atoms with E-state index in [1.807, 2.05) is 25.1 Å². The number of rotatable bonds is 4. The molecule has 0 unspecified atom stereocenters. The largest absolute Gasteiger partial charge is 1.00 e. The molecule has 3 rings (SSSR count). The lowest BCUT2D eigenvalue weighted by molar-refractivity contribution is -0.758. The van der Waals surface area contributed by atoms with Crippen molar-refractivity contribution in [1.82, 2.24) is 4.98 Å². The SMILES string of the molecule is CC(=[NH+]OCc1cccc2ccccc12)c1ccc(O)cn1.[Cl-]. The van der Waals surface area contributed by atoms with E-state index in [-0.39, 0.29) is 18.2 Å². The fourth-order valence-corrected chi connectivity index (χ4v) is 2.30. The predicted octanol–water partition coefficient (Wildman–Crippen LogP) is -1.03. The highest BCUT2D eigenvalue weighted by molar-refractivity contribution is 5.92. The van der Waals surface area contributed by atoms with Gasteiger partial charge in [0.25, 0.3) is 0 Å². The molecule has 0 fully saturated rings. The van der Waals surface area contributed by atoms with E-state index in [9.17, 15) is 5.11 Å². The van der Waals surface area contributed by atoms with Gasteiger partial charge in [0.1, 0.15) is 11.4 Å². The maximum atomic E-state index is 9.24. The number of benzene rings is 2. The second-order valence-electron chi connectivity index (χ2n) is 5.06. The van der Waals surface area contributed by atoms with Crippen LogP contribution >= 0.6 is 0 Å². The lowest BCUT2D eigenvalue weighted by Crippen LogP contribution is -3.00. The number of halogens is 1. The zero-order valence-corrected chi connectivity index (χ0v) is 13.4. The van der Waals surface area contributed by atoms with Crippen LogP contribution in [0.4, 0.5) is 0 Å². The average molecular weight is 329 g/mol. The van der Waals surface area contributed by atoms with Crippen molar-refractivity contribution in [3.63, 3.8) is 0 Å². The lowest BCUT2D eigenvalue weighted by atomic mass is 10.1. The first kappa shape index (κ1) is 16.8. The molecule has 2 N–H and O–H groups in total. The molecule has 4 nitrogen and oxygen atoms in total. The van der Waals surface area contributed by atoms with Crippen LogP contribution < -0.4 is 17.6 Å². The molecule has 0 spiro atoms. The Morgan fingerprint density at radius 3 is 2.65 bits per heavy atom. The number of nitrogens with one attached hydrogen (secondary N) is 1. The monoisotopic (exact) mass is 328 g/mol. The number of aromatic hydroxyl groups is 1. The van der Waals surface area contributed by atoms with E-state index >= 15 is 0 Å². The van der Waals surface area contributed by atoms with Gasteiger partial charge in [-0.15, -0.1) is 0 Å². The molecule has 1 heterocycles. The normalized spacial score (nSPS) is 11.1. The highest BCUT2D eigenvalue weighted by atomic mass is 35.5. The van der Waals surface area contributed by atoms with Gasteiger partial charge in [-0.3, -0.25) is 4.84 Å². The Hall–Kier alpha value is -2.59. The maximum Gasteiger partial charge on any atom is 0.247 e. The fourth-order valence-electron chi connectivity index (χ4n) is 2.30. The molecule has 0 atom stereocenters. The minimum Gasteiger partial charge on any atom is -1.00 e. The summed E-state index contributed by atoms with van der Waals surface area (Å²) >= 11 is 0. The number of pyridine rings is 1. The molecule has 0 bridgehead atoms. The summed E-state index contributed by atoms with van der Waals surface area (Å²) in [7, 11) is 0. The summed E-state index contributed by atoms with van der Waals surface area (Å²) in [5.74, 6) is 0.147. The van der Waals surface area contributed by atoms with Crippen molar-refractivity contribution in [2.75, 3.05) is 0 Å². The van der Waals surface area contributed by atoms with E-state index < -0.39 is 0 Å². The first-order valence-corrected chi connectivity index (χ1v) is 7.07. The van der Waals surface area contributed by atoms with E-state index in [2.05, 4.69) is 34.4 Å². The lowest BCUT2D eigenvalue weighted by Gasteiger charge is -2.03. The number of nitrogens with zero attached hydrogens (tertiary/aromatic N) is 1. The van der Waals surface area contributed by atoms with Crippen molar-refractivity contribution in [3.8, 4) is 5.75 Å². The van der Waals surface area contributed by atoms with Crippen molar-refractivity contribution >= 4 is 16.5 Å². The van der Waals surface area contributed by atoms with Crippen molar-refractivity contribution in [1.29, 1.82) is 0 Å². The van der Waals surface area contributed by atoms with Gasteiger partial charge in [0.2, 0.25) is 5.71 Å². The Morgan fingerprint density at radius 2 is 1.87 bits per heavy atom. The van der Waals surface area contributed by atoms with E-state index in [1.165, 1.54) is 17.0 Å². The fraction of sp³-hybridized carbons (Fsp3) is 0.111. The third kappa shape index (κ3) is 3.99. The van der Waals surface area contributed by atoms with E-state index in [0.29, 0.717) is 6.61 Å². The van der Waals surface area contributed by atoms with Crippen LogP contribution in [-0.2, 0) is 11.4 Å². The first-order chi connectivity index (χ1) is 10.7. The van der Waals surface area contributed by atoms with Gasteiger partial charge in [0, 0.05) is 12.5 Å². The zero-order valence-electron chi connectivity index (χ0n) is 12.7. The molecular formula is C18H17ClN2O2. The summed E-state index contributed by atoms with van der Waals surface area (Å²) < 4.78 is 0. The Labute approximate surface area is 140 Å². The molecule has 3 aromatic rings. The summed E-state index contributed by atoms with van der Waals surface area (Å²) in [6, 6.07) is 17.7. The van der Waals surface area contributed by atoms with Gasteiger partial charge in [0.15, 0.2) is 6.61 Å². The van der Waals surface area contributed by atoms with Gasteiger partial charge in [-0.1, -0.05) is 42.5 Å². The molecule has 0 saturated heterocycles. The highest BCUT2D eigenvalue weighted by Gasteiger charge is 2.07. The first-order valence-electron chi connectivity index (χ1n) is 7.07. The van der Waals surface area contributed by atoms with Gasteiger partial charge in [0.05, 0.1) is 6.20 Å². The molecule has 23 heavy (non-hydrogen) atoms. The van der Waals surface area contributed by atoms with Crippen LogP contribution in [0.2, 0.25) is 0 Å². The summed E-state index contributed by atoms with van der Waals surface area (Å²) in [5, 5.41) is 14.5.